The van der Waals surface area contributed by atoms with E-state index in [1.807, 2.05) is 18.8 Å². The van der Waals surface area contributed by atoms with Gasteiger partial charge in [-0.25, -0.2) is 0 Å². The number of guanidine groups is 1. The highest BCUT2D eigenvalue weighted by Crippen LogP contribution is 2.27. The average molecular weight is 263 g/mol. The minimum Gasteiger partial charge on any atom is -0.355 e. The molecule has 0 saturated carbocycles. The molecule has 0 aliphatic carbocycles. The smallest absolute Gasteiger partial charge is 0.198 e. The summed E-state index contributed by atoms with van der Waals surface area (Å²) >= 11 is 1.87. The van der Waals surface area contributed by atoms with Crippen LogP contribution in [0, 0.1) is 0 Å². The van der Waals surface area contributed by atoms with Crippen LogP contribution in [0.4, 0.5) is 5.69 Å². The molecule has 1 aromatic carbocycles. The monoisotopic (exact) mass is 263 g/mol. The van der Waals surface area contributed by atoms with E-state index in [1.54, 1.807) is 0 Å². The summed E-state index contributed by atoms with van der Waals surface area (Å²) in [5.74, 6) is 0.987. The van der Waals surface area contributed by atoms with Gasteiger partial charge in [0.2, 0.25) is 0 Å². The lowest BCUT2D eigenvalue weighted by Crippen LogP contribution is -2.42. The molecule has 1 unspecified atom stereocenters. The molecule has 18 heavy (non-hydrogen) atoms. The van der Waals surface area contributed by atoms with Gasteiger partial charge in [-0.1, -0.05) is 25.1 Å². The van der Waals surface area contributed by atoms with Gasteiger partial charge < -0.3 is 10.2 Å². The van der Waals surface area contributed by atoms with E-state index >= 15 is 0 Å². The van der Waals surface area contributed by atoms with E-state index in [1.165, 1.54) is 11.3 Å². The summed E-state index contributed by atoms with van der Waals surface area (Å²) in [6.07, 6.45) is 3.25. The molecule has 98 valence electrons. The van der Waals surface area contributed by atoms with Gasteiger partial charge in [-0.3, -0.25) is 4.99 Å². The fraction of sp³-hybridized carbons (Fsp3) is 0.500. The molecule has 0 bridgehead atoms. The van der Waals surface area contributed by atoms with E-state index in [-0.39, 0.29) is 0 Å². The molecule has 1 aliphatic rings. The molecule has 3 nitrogen and oxygen atoms in total. The van der Waals surface area contributed by atoms with Gasteiger partial charge in [-0.15, -0.1) is 0 Å². The first-order chi connectivity index (χ1) is 8.76. The van der Waals surface area contributed by atoms with Crippen LogP contribution in [0.3, 0.4) is 0 Å². The van der Waals surface area contributed by atoms with Crippen LogP contribution < -0.4 is 10.2 Å². The van der Waals surface area contributed by atoms with Crippen molar-refractivity contribution < 1.29 is 0 Å². The zero-order valence-electron chi connectivity index (χ0n) is 11.3. The zero-order valence-corrected chi connectivity index (χ0v) is 12.1. The Labute approximate surface area is 114 Å². The first-order valence-corrected chi connectivity index (χ1v) is 7.64. The molecular weight excluding hydrogens is 242 g/mol. The maximum absolute atomic E-state index is 4.40. The van der Waals surface area contributed by atoms with Crippen LogP contribution in [0.5, 0.6) is 0 Å². The minimum absolute atomic E-state index is 0.597. The number of fused-ring (bicyclic) bond motifs is 1. The Hall–Kier alpha value is -1.16. The second kappa shape index (κ2) is 6.14. The number of thioether (sulfide) groups is 1. The van der Waals surface area contributed by atoms with Crippen molar-refractivity contribution in [2.45, 2.75) is 18.6 Å². The molecule has 1 N–H and O–H groups in total. The number of para-hydroxylation sites is 1. The van der Waals surface area contributed by atoms with E-state index in [2.05, 4.69) is 52.7 Å². The third-order valence-electron chi connectivity index (χ3n) is 3.30. The molecule has 1 heterocycles. The third kappa shape index (κ3) is 2.80. The maximum Gasteiger partial charge on any atom is 0.198 e. The lowest BCUT2D eigenvalue weighted by atomic mass is 10.2. The number of anilines is 1. The highest BCUT2D eigenvalue weighted by atomic mass is 32.2. The van der Waals surface area contributed by atoms with Crippen molar-refractivity contribution >= 4 is 23.4 Å². The van der Waals surface area contributed by atoms with E-state index in [4.69, 9.17) is 0 Å². The number of rotatable bonds is 3. The molecular formula is C14H21N3S. The number of nitrogens with zero attached hydrogens (tertiary/aromatic N) is 2. The predicted molar refractivity (Wildman–Crippen MR) is 81.8 cm³/mol. The third-order valence-corrected chi connectivity index (χ3v) is 4.28. The summed E-state index contributed by atoms with van der Waals surface area (Å²) in [7, 11) is 1.85. The Kier molecular flexibility index (Phi) is 4.53. The van der Waals surface area contributed by atoms with Gasteiger partial charge in [0.05, 0.1) is 0 Å². The van der Waals surface area contributed by atoms with Crippen LogP contribution in [-0.2, 0) is 6.42 Å². The van der Waals surface area contributed by atoms with Gasteiger partial charge in [0.1, 0.15) is 0 Å². The van der Waals surface area contributed by atoms with Gasteiger partial charge in [-0.2, -0.15) is 11.8 Å². The first-order valence-electron chi connectivity index (χ1n) is 6.35. The summed E-state index contributed by atoms with van der Waals surface area (Å²) in [5.41, 5.74) is 2.71. The molecule has 1 atom stereocenters. The zero-order chi connectivity index (χ0) is 13.0. The Morgan fingerprint density at radius 3 is 3.00 bits per heavy atom. The molecule has 0 spiro atoms. The molecule has 0 saturated heterocycles. The number of aliphatic imine (C=N–C) groups is 1. The second-order valence-corrected chi connectivity index (χ2v) is 5.78. The molecule has 0 aromatic heterocycles. The Morgan fingerprint density at radius 2 is 2.28 bits per heavy atom. The summed E-state index contributed by atoms with van der Waals surface area (Å²) in [4.78, 5) is 6.68. The van der Waals surface area contributed by atoms with Crippen LogP contribution in [-0.4, -0.2) is 37.6 Å². The van der Waals surface area contributed by atoms with Gasteiger partial charge in [0, 0.05) is 31.1 Å². The standard InChI is InChI=1S/C14H21N3S/c1-11(18-3)10-16-14(15-2)17-9-8-12-6-4-5-7-13(12)17/h4-7,11H,8-10H2,1-3H3,(H,15,16). The highest BCUT2D eigenvalue weighted by Gasteiger charge is 2.22. The molecule has 1 aromatic rings. The lowest BCUT2D eigenvalue weighted by Gasteiger charge is -2.23. The highest BCUT2D eigenvalue weighted by molar-refractivity contribution is 7.99. The molecule has 2 rings (SSSR count). The maximum atomic E-state index is 4.40. The average Bonchev–Trinajstić information content (AvgIpc) is 2.83. The second-order valence-electron chi connectivity index (χ2n) is 4.50. The van der Waals surface area contributed by atoms with Crippen LogP contribution in [0.25, 0.3) is 0 Å². The van der Waals surface area contributed by atoms with Gasteiger partial charge in [-0.05, 0) is 24.3 Å². The van der Waals surface area contributed by atoms with Gasteiger partial charge in [0.15, 0.2) is 5.96 Å². The van der Waals surface area contributed by atoms with Gasteiger partial charge in [0.25, 0.3) is 0 Å². The van der Waals surface area contributed by atoms with E-state index in [0.29, 0.717) is 5.25 Å². The molecule has 0 radical (unpaired) electrons. The number of benzene rings is 1. The van der Waals surface area contributed by atoms with Crippen molar-refractivity contribution in [2.75, 3.05) is 31.3 Å². The van der Waals surface area contributed by atoms with Crippen LogP contribution in [0.1, 0.15) is 12.5 Å². The largest absolute Gasteiger partial charge is 0.355 e. The van der Waals surface area contributed by atoms with Crippen LogP contribution in [0.2, 0.25) is 0 Å². The Morgan fingerprint density at radius 1 is 1.50 bits per heavy atom. The first kappa shape index (κ1) is 13.3. The summed E-state index contributed by atoms with van der Waals surface area (Å²) in [6, 6.07) is 8.57. The Balaban J connectivity index is 2.07. The fourth-order valence-electron chi connectivity index (χ4n) is 2.17. The normalized spacial score (nSPS) is 16.6. The predicted octanol–water partition coefficient (Wildman–Crippen LogP) is 2.38. The van der Waals surface area contributed by atoms with Crippen LogP contribution >= 0.6 is 11.8 Å². The van der Waals surface area contributed by atoms with Crippen molar-refractivity contribution in [3.05, 3.63) is 29.8 Å². The lowest BCUT2D eigenvalue weighted by molar-refractivity contribution is 0.830. The summed E-state index contributed by atoms with van der Waals surface area (Å²) < 4.78 is 0. The SMILES string of the molecule is CN=C(NCC(C)SC)N1CCc2ccccc21. The molecule has 1 aliphatic heterocycles. The van der Waals surface area contributed by atoms with Crippen molar-refractivity contribution in [3.8, 4) is 0 Å². The van der Waals surface area contributed by atoms with E-state index in [0.717, 1.165) is 25.5 Å². The Bertz CT molecular complexity index is 431. The quantitative estimate of drug-likeness (QED) is 0.670. The number of hydrogen-bond acceptors (Lipinski definition) is 2. The molecule has 0 amide bonds. The fourth-order valence-corrected chi connectivity index (χ4v) is 2.42. The van der Waals surface area contributed by atoms with E-state index < -0.39 is 0 Å². The van der Waals surface area contributed by atoms with Crippen LogP contribution in [0.15, 0.2) is 29.3 Å². The topological polar surface area (TPSA) is 27.6 Å². The summed E-state index contributed by atoms with van der Waals surface area (Å²) in [5, 5.41) is 4.05. The van der Waals surface area contributed by atoms with Crippen molar-refractivity contribution in [1.82, 2.24) is 5.32 Å². The van der Waals surface area contributed by atoms with E-state index in [9.17, 15) is 0 Å². The molecule has 4 heteroatoms. The summed E-state index contributed by atoms with van der Waals surface area (Å²) in [6.45, 7) is 4.20. The van der Waals surface area contributed by atoms with Crippen molar-refractivity contribution in [2.24, 2.45) is 4.99 Å². The molecule has 0 fully saturated rings. The minimum atomic E-state index is 0.597. The van der Waals surface area contributed by atoms with Gasteiger partial charge >= 0.3 is 0 Å². The number of nitrogens with one attached hydrogen (secondary N) is 1. The van der Waals surface area contributed by atoms with Crippen molar-refractivity contribution in [3.63, 3.8) is 0 Å². The van der Waals surface area contributed by atoms with Crippen molar-refractivity contribution in [1.29, 1.82) is 0 Å². The number of hydrogen-bond donors (Lipinski definition) is 1.